The molecule has 0 spiro atoms. The van der Waals surface area contributed by atoms with E-state index in [-0.39, 0.29) is 0 Å². The molecule has 6 nitrogen and oxygen atoms in total. The minimum atomic E-state index is -0.972. The van der Waals surface area contributed by atoms with Crippen molar-refractivity contribution in [3.8, 4) is 5.75 Å². The van der Waals surface area contributed by atoms with Crippen molar-refractivity contribution in [1.82, 2.24) is 0 Å². The number of aryl methyl sites for hydroxylation is 1. The van der Waals surface area contributed by atoms with E-state index in [9.17, 15) is 9.59 Å². The van der Waals surface area contributed by atoms with E-state index < -0.39 is 12.2 Å². The first-order chi connectivity index (χ1) is 7.63. The lowest BCUT2D eigenvalue weighted by Gasteiger charge is -2.02. The van der Waals surface area contributed by atoms with E-state index >= 15 is 0 Å². The topological polar surface area (TPSA) is 77.3 Å². The fourth-order valence-corrected chi connectivity index (χ4v) is 0.908. The van der Waals surface area contributed by atoms with Crippen molar-refractivity contribution in [3.05, 3.63) is 29.8 Å². The van der Waals surface area contributed by atoms with Gasteiger partial charge in [-0.25, -0.2) is 9.59 Å². The van der Waals surface area contributed by atoms with Crippen molar-refractivity contribution in [1.29, 1.82) is 0 Å². The molecule has 84 valence electrons. The summed E-state index contributed by atoms with van der Waals surface area (Å²) in [4.78, 5) is 21.6. The van der Waals surface area contributed by atoms with E-state index in [1.807, 2.05) is 6.07 Å². The summed E-state index contributed by atoms with van der Waals surface area (Å²) >= 11 is 0. The summed E-state index contributed by atoms with van der Waals surface area (Å²) < 4.78 is 9.00. The van der Waals surface area contributed by atoms with Gasteiger partial charge in [-0.1, -0.05) is 28.4 Å². The van der Waals surface area contributed by atoms with E-state index in [1.165, 1.54) is 0 Å². The molecule has 0 fully saturated rings. The molecule has 0 aromatic heterocycles. The predicted octanol–water partition coefficient (Wildman–Crippen LogP) is 2.71. The Hall–Kier alpha value is -2.24. The first-order valence-electron chi connectivity index (χ1n) is 4.40. The Kier molecular flexibility index (Phi) is 4.14. The molecule has 0 saturated heterocycles. The number of nitrogens with zero attached hydrogens (tertiary/aromatic N) is 2. The Morgan fingerprint density at radius 1 is 1.12 bits per heavy atom. The molecule has 0 atom stereocenters. The Morgan fingerprint density at radius 2 is 1.75 bits per heavy atom. The summed E-state index contributed by atoms with van der Waals surface area (Å²) in [5.74, 6) is 0.372. The number of ether oxygens (including phenoxy) is 2. The van der Waals surface area contributed by atoms with Gasteiger partial charge in [-0.2, -0.15) is 0 Å². The van der Waals surface area contributed by atoms with Gasteiger partial charge in [0.1, 0.15) is 5.75 Å². The fourth-order valence-electron chi connectivity index (χ4n) is 0.908. The van der Waals surface area contributed by atoms with E-state index in [0.29, 0.717) is 5.75 Å². The third kappa shape index (κ3) is 3.49. The summed E-state index contributed by atoms with van der Waals surface area (Å²) in [6.07, 6.45) is -1.93. The smallest absolute Gasteiger partial charge is 0.450 e. The quantitative estimate of drug-likeness (QED) is 0.684. The summed E-state index contributed by atoms with van der Waals surface area (Å²) in [5.41, 5.74) is 0.782. The number of carbonyl (C=O) groups excluding carboxylic acids is 2. The van der Waals surface area contributed by atoms with Gasteiger partial charge in [-0.05, 0) is 18.6 Å². The molecule has 0 bridgehead atoms. The van der Waals surface area contributed by atoms with Crippen LogP contribution in [-0.4, -0.2) is 19.3 Å². The Balaban J connectivity index is 2.62. The highest BCUT2D eigenvalue weighted by molar-refractivity contribution is 5.74. The third-order valence-corrected chi connectivity index (χ3v) is 1.68. The van der Waals surface area contributed by atoms with Crippen LogP contribution in [0.1, 0.15) is 5.56 Å². The zero-order valence-electron chi connectivity index (χ0n) is 8.84. The van der Waals surface area contributed by atoms with Crippen LogP contribution in [0.3, 0.4) is 0 Å². The van der Waals surface area contributed by atoms with Gasteiger partial charge >= 0.3 is 12.2 Å². The van der Waals surface area contributed by atoms with Crippen LogP contribution in [0.4, 0.5) is 9.59 Å². The summed E-state index contributed by atoms with van der Waals surface area (Å²) in [5, 5.41) is 5.98. The largest absolute Gasteiger partial charge is 0.458 e. The predicted molar refractivity (Wildman–Crippen MR) is 54.5 cm³/mol. The monoisotopic (exact) mass is 222 g/mol. The second-order valence-corrected chi connectivity index (χ2v) is 2.80. The molecule has 6 heteroatoms. The van der Waals surface area contributed by atoms with Gasteiger partial charge < -0.3 is 9.47 Å². The number of rotatable bonds is 1. The summed E-state index contributed by atoms with van der Waals surface area (Å²) in [6.45, 7) is 1.78. The molecule has 0 heterocycles. The highest BCUT2D eigenvalue weighted by Gasteiger charge is 2.06. The summed E-state index contributed by atoms with van der Waals surface area (Å²) in [7, 11) is 1.13. The van der Waals surface area contributed by atoms with Crippen LogP contribution < -0.4 is 4.74 Å². The van der Waals surface area contributed by atoms with Gasteiger partial charge in [0.15, 0.2) is 0 Å². The molecule has 1 aromatic carbocycles. The van der Waals surface area contributed by atoms with Crippen LogP contribution >= 0.6 is 0 Å². The maximum absolute atomic E-state index is 11.1. The zero-order valence-corrected chi connectivity index (χ0v) is 8.84. The van der Waals surface area contributed by atoms with Crippen LogP contribution in [0.15, 0.2) is 34.5 Å². The molecule has 0 N–H and O–H groups in total. The Bertz CT molecular complexity index is 429. The molecule has 1 rings (SSSR count). The lowest BCUT2D eigenvalue weighted by molar-refractivity contribution is 0.178. The maximum atomic E-state index is 11.1. The normalized spacial score (nSPS) is 10.1. The molecule has 1 aromatic rings. The van der Waals surface area contributed by atoms with Gasteiger partial charge in [-0.3, -0.25) is 0 Å². The van der Waals surface area contributed by atoms with Gasteiger partial charge in [-0.15, -0.1) is 0 Å². The van der Waals surface area contributed by atoms with Crippen LogP contribution in [0.5, 0.6) is 5.75 Å². The van der Waals surface area contributed by atoms with E-state index in [0.717, 1.165) is 12.7 Å². The minimum absolute atomic E-state index is 0.372. The second kappa shape index (κ2) is 5.59. The molecule has 2 amide bonds. The van der Waals surface area contributed by atoms with Crippen molar-refractivity contribution in [2.75, 3.05) is 7.11 Å². The standard InChI is InChI=1S/C10H10N2O4/c1-7-5-3-4-6-8(7)16-10(14)12-11-9(13)15-2/h3-6H,1-2H3/b12-11+. The van der Waals surface area contributed by atoms with Crippen molar-refractivity contribution in [2.24, 2.45) is 10.2 Å². The highest BCUT2D eigenvalue weighted by atomic mass is 16.6. The molecular formula is C10H10N2O4. The number of carbonyl (C=O) groups is 2. The average molecular weight is 222 g/mol. The number of para-hydroxylation sites is 1. The van der Waals surface area contributed by atoms with Crippen molar-refractivity contribution >= 4 is 12.2 Å². The highest BCUT2D eigenvalue weighted by Crippen LogP contribution is 2.16. The molecule has 0 saturated carbocycles. The number of benzene rings is 1. The van der Waals surface area contributed by atoms with Crippen LogP contribution in [-0.2, 0) is 4.74 Å². The number of methoxy groups -OCH3 is 1. The first kappa shape index (κ1) is 11.8. The molecule has 16 heavy (non-hydrogen) atoms. The number of hydrogen-bond donors (Lipinski definition) is 0. The average Bonchev–Trinajstić information content (AvgIpc) is 2.29. The first-order valence-corrected chi connectivity index (χ1v) is 4.40. The van der Waals surface area contributed by atoms with Crippen LogP contribution in [0.2, 0.25) is 0 Å². The van der Waals surface area contributed by atoms with Gasteiger partial charge in [0.25, 0.3) is 0 Å². The number of azo groups is 1. The van der Waals surface area contributed by atoms with Gasteiger partial charge in [0, 0.05) is 0 Å². The SMILES string of the molecule is COC(=O)/N=N/C(=O)Oc1ccccc1C. The minimum Gasteiger partial charge on any atom is -0.450 e. The van der Waals surface area contributed by atoms with E-state index in [4.69, 9.17) is 4.74 Å². The molecule has 0 unspecified atom stereocenters. The van der Waals surface area contributed by atoms with Crippen LogP contribution in [0, 0.1) is 6.92 Å². The molecule has 0 radical (unpaired) electrons. The van der Waals surface area contributed by atoms with Crippen LogP contribution in [0.25, 0.3) is 0 Å². The van der Waals surface area contributed by atoms with Crippen molar-refractivity contribution in [3.63, 3.8) is 0 Å². The second-order valence-electron chi connectivity index (χ2n) is 2.80. The molecule has 0 aliphatic heterocycles. The Labute approximate surface area is 91.9 Å². The maximum Gasteiger partial charge on any atom is 0.458 e. The number of amides is 2. The molecule has 0 aliphatic rings. The van der Waals surface area contributed by atoms with Crippen molar-refractivity contribution < 1.29 is 19.1 Å². The van der Waals surface area contributed by atoms with Gasteiger partial charge in [0.05, 0.1) is 7.11 Å². The van der Waals surface area contributed by atoms with E-state index in [2.05, 4.69) is 15.0 Å². The van der Waals surface area contributed by atoms with Crippen molar-refractivity contribution in [2.45, 2.75) is 6.92 Å². The van der Waals surface area contributed by atoms with E-state index in [1.54, 1.807) is 25.1 Å². The van der Waals surface area contributed by atoms with Gasteiger partial charge in [0.2, 0.25) is 0 Å². The molecule has 0 aliphatic carbocycles. The third-order valence-electron chi connectivity index (χ3n) is 1.68. The fraction of sp³-hybridized carbons (Fsp3) is 0.200. The zero-order chi connectivity index (χ0) is 12.0. The molecular weight excluding hydrogens is 212 g/mol. The lowest BCUT2D eigenvalue weighted by atomic mass is 10.2. The lowest BCUT2D eigenvalue weighted by Crippen LogP contribution is -2.03. The number of hydrogen-bond acceptors (Lipinski definition) is 4. The summed E-state index contributed by atoms with van der Waals surface area (Å²) in [6, 6.07) is 6.91. The Morgan fingerprint density at radius 3 is 2.38 bits per heavy atom.